The molecule has 0 aliphatic rings. The van der Waals surface area contributed by atoms with Crippen LogP contribution in [0.25, 0.3) is 0 Å². The number of carboxylic acids is 1. The topological polar surface area (TPSA) is 78.9 Å². The molecule has 2 N–H and O–H groups in total. The van der Waals surface area contributed by atoms with Crippen LogP contribution in [0.5, 0.6) is 0 Å². The summed E-state index contributed by atoms with van der Waals surface area (Å²) in [6.45, 7) is 6.41. The van der Waals surface area contributed by atoms with Crippen molar-refractivity contribution >= 4 is 17.7 Å². The monoisotopic (exact) mass is 294 g/mol. The number of aromatic carboxylic acids is 1. The first-order valence-electron chi connectivity index (χ1n) is 6.78. The maximum Gasteiger partial charge on any atom is 0.336 e. The molecule has 0 aliphatic carbocycles. The van der Waals surface area contributed by atoms with Crippen LogP contribution in [0.15, 0.2) is 18.2 Å². The van der Waals surface area contributed by atoms with Crippen molar-refractivity contribution in [3.63, 3.8) is 0 Å². The van der Waals surface area contributed by atoms with Crippen molar-refractivity contribution in [2.75, 3.05) is 25.6 Å². The van der Waals surface area contributed by atoms with E-state index in [4.69, 9.17) is 9.84 Å². The minimum Gasteiger partial charge on any atom is -0.478 e. The van der Waals surface area contributed by atoms with Gasteiger partial charge in [-0.05, 0) is 38.5 Å². The number of anilines is 1. The largest absolute Gasteiger partial charge is 0.478 e. The van der Waals surface area contributed by atoms with Crippen LogP contribution in [0.4, 0.5) is 10.5 Å². The van der Waals surface area contributed by atoms with Crippen LogP contribution >= 0.6 is 0 Å². The van der Waals surface area contributed by atoms with Crippen molar-refractivity contribution in [1.29, 1.82) is 0 Å². The zero-order valence-corrected chi connectivity index (χ0v) is 12.8. The molecule has 1 rings (SSSR count). The molecule has 0 aromatic heterocycles. The number of nitrogens with one attached hydrogen (secondary N) is 1. The summed E-state index contributed by atoms with van der Waals surface area (Å²) in [6, 6.07) is 4.56. The molecule has 0 atom stereocenters. The average molecular weight is 294 g/mol. The van der Waals surface area contributed by atoms with E-state index in [1.807, 2.05) is 13.8 Å². The van der Waals surface area contributed by atoms with Gasteiger partial charge in [0.25, 0.3) is 0 Å². The number of hydrogen-bond donors (Lipinski definition) is 2. The van der Waals surface area contributed by atoms with Gasteiger partial charge in [0, 0.05) is 25.4 Å². The van der Waals surface area contributed by atoms with Crippen LogP contribution in [0.3, 0.4) is 0 Å². The third-order valence-corrected chi connectivity index (χ3v) is 3.23. The number of benzene rings is 1. The van der Waals surface area contributed by atoms with Gasteiger partial charge in [-0.2, -0.15) is 0 Å². The van der Waals surface area contributed by atoms with Crippen molar-refractivity contribution in [2.45, 2.75) is 26.8 Å². The van der Waals surface area contributed by atoms with Gasteiger partial charge in [-0.3, -0.25) is 0 Å². The molecule has 1 aromatic carbocycles. The molecule has 0 saturated heterocycles. The number of amides is 2. The zero-order chi connectivity index (χ0) is 16.0. The molecule has 0 spiro atoms. The standard InChI is InChI=1S/C15H22N2O4/c1-10(2)17(8-9-21-4)15(20)16-13-7-5-6-12(11(13)3)14(18)19/h5-7,10H,8-9H2,1-4H3,(H,16,20)(H,18,19). The number of carbonyl (C=O) groups is 2. The highest BCUT2D eigenvalue weighted by molar-refractivity contribution is 5.95. The molecule has 0 bridgehead atoms. The first-order chi connectivity index (χ1) is 9.88. The Morgan fingerprint density at radius 3 is 2.57 bits per heavy atom. The van der Waals surface area contributed by atoms with Gasteiger partial charge in [0.2, 0.25) is 0 Å². The maximum absolute atomic E-state index is 12.3. The van der Waals surface area contributed by atoms with Gasteiger partial charge in [0.15, 0.2) is 0 Å². The van der Waals surface area contributed by atoms with Crippen LogP contribution in [-0.4, -0.2) is 48.3 Å². The lowest BCUT2D eigenvalue weighted by molar-refractivity contribution is 0.0696. The Hall–Kier alpha value is -2.08. The summed E-state index contributed by atoms with van der Waals surface area (Å²) in [5, 5.41) is 11.9. The Balaban J connectivity index is 2.91. The first kappa shape index (κ1) is 17.0. The molecule has 6 heteroatoms. The molecule has 6 nitrogen and oxygen atoms in total. The van der Waals surface area contributed by atoms with Gasteiger partial charge in [0.1, 0.15) is 0 Å². The lowest BCUT2D eigenvalue weighted by atomic mass is 10.1. The molecule has 0 aliphatic heterocycles. The number of nitrogens with zero attached hydrogens (tertiary/aromatic N) is 1. The highest BCUT2D eigenvalue weighted by Gasteiger charge is 2.18. The Labute approximate surface area is 124 Å². The van der Waals surface area contributed by atoms with Crippen LogP contribution in [0, 0.1) is 6.92 Å². The van der Waals surface area contributed by atoms with Crippen molar-refractivity contribution in [1.82, 2.24) is 4.90 Å². The predicted molar refractivity (Wildman–Crippen MR) is 80.9 cm³/mol. The second-order valence-electron chi connectivity index (χ2n) is 4.99. The number of ether oxygens (including phenoxy) is 1. The molecule has 0 fully saturated rings. The van der Waals surface area contributed by atoms with E-state index in [1.54, 1.807) is 31.1 Å². The number of carboxylic acid groups (broad SMARTS) is 1. The Morgan fingerprint density at radius 2 is 2.05 bits per heavy atom. The second kappa shape index (κ2) is 7.64. The molecule has 21 heavy (non-hydrogen) atoms. The van der Waals surface area contributed by atoms with Crippen LogP contribution in [0.2, 0.25) is 0 Å². The fraction of sp³-hybridized carbons (Fsp3) is 0.467. The summed E-state index contributed by atoms with van der Waals surface area (Å²) in [5.74, 6) is -1.01. The number of methoxy groups -OCH3 is 1. The highest BCUT2D eigenvalue weighted by atomic mass is 16.5. The van der Waals surface area contributed by atoms with E-state index in [2.05, 4.69) is 5.32 Å². The Bertz CT molecular complexity index is 514. The number of carbonyl (C=O) groups excluding carboxylic acids is 1. The summed E-state index contributed by atoms with van der Waals surface area (Å²) in [5.41, 5.74) is 1.22. The zero-order valence-electron chi connectivity index (χ0n) is 12.8. The smallest absolute Gasteiger partial charge is 0.336 e. The van der Waals surface area contributed by atoms with Crippen molar-refractivity contribution in [3.8, 4) is 0 Å². The third kappa shape index (κ3) is 4.46. The molecular formula is C15H22N2O4. The molecule has 0 heterocycles. The van der Waals surface area contributed by atoms with E-state index < -0.39 is 5.97 Å². The normalized spacial score (nSPS) is 10.5. The molecule has 1 aromatic rings. The average Bonchev–Trinajstić information content (AvgIpc) is 2.40. The SMILES string of the molecule is COCCN(C(=O)Nc1cccc(C(=O)O)c1C)C(C)C. The number of rotatable bonds is 6. The summed E-state index contributed by atoms with van der Waals surface area (Å²) in [7, 11) is 1.58. The molecule has 116 valence electrons. The predicted octanol–water partition coefficient (Wildman–Crippen LogP) is 2.58. The number of urea groups is 1. The number of hydrogen-bond acceptors (Lipinski definition) is 3. The lowest BCUT2D eigenvalue weighted by Gasteiger charge is -2.27. The van der Waals surface area contributed by atoms with Gasteiger partial charge < -0.3 is 20.1 Å². The molecule has 2 amide bonds. The second-order valence-corrected chi connectivity index (χ2v) is 4.99. The van der Waals surface area contributed by atoms with E-state index >= 15 is 0 Å². The van der Waals surface area contributed by atoms with Gasteiger partial charge in [0.05, 0.1) is 12.2 Å². The van der Waals surface area contributed by atoms with Crippen LogP contribution in [0.1, 0.15) is 29.8 Å². The quantitative estimate of drug-likeness (QED) is 0.845. The van der Waals surface area contributed by atoms with Crippen molar-refractivity contribution in [3.05, 3.63) is 29.3 Å². The first-order valence-corrected chi connectivity index (χ1v) is 6.78. The van der Waals surface area contributed by atoms with Gasteiger partial charge >= 0.3 is 12.0 Å². The van der Waals surface area contributed by atoms with E-state index in [0.717, 1.165) is 0 Å². The van der Waals surface area contributed by atoms with E-state index in [0.29, 0.717) is 24.4 Å². The fourth-order valence-electron chi connectivity index (χ4n) is 1.97. The lowest BCUT2D eigenvalue weighted by Crippen LogP contribution is -2.42. The third-order valence-electron chi connectivity index (χ3n) is 3.23. The Kier molecular flexibility index (Phi) is 6.17. The molecular weight excluding hydrogens is 272 g/mol. The fourth-order valence-corrected chi connectivity index (χ4v) is 1.97. The molecule has 0 saturated carbocycles. The van der Waals surface area contributed by atoms with E-state index in [-0.39, 0.29) is 17.6 Å². The minimum absolute atomic E-state index is 0.0168. The van der Waals surface area contributed by atoms with Crippen molar-refractivity contribution < 1.29 is 19.4 Å². The highest BCUT2D eigenvalue weighted by Crippen LogP contribution is 2.19. The van der Waals surface area contributed by atoms with E-state index in [9.17, 15) is 9.59 Å². The summed E-state index contributed by atoms with van der Waals surface area (Å²) < 4.78 is 5.00. The summed E-state index contributed by atoms with van der Waals surface area (Å²) in [6.07, 6.45) is 0. The van der Waals surface area contributed by atoms with Gasteiger partial charge in [-0.25, -0.2) is 9.59 Å². The van der Waals surface area contributed by atoms with Crippen LogP contribution in [-0.2, 0) is 4.74 Å². The molecule has 0 unspecified atom stereocenters. The van der Waals surface area contributed by atoms with Gasteiger partial charge in [-0.1, -0.05) is 6.07 Å². The van der Waals surface area contributed by atoms with E-state index in [1.165, 1.54) is 6.07 Å². The molecule has 0 radical (unpaired) electrons. The van der Waals surface area contributed by atoms with Crippen molar-refractivity contribution in [2.24, 2.45) is 0 Å². The summed E-state index contributed by atoms with van der Waals surface area (Å²) in [4.78, 5) is 25.0. The van der Waals surface area contributed by atoms with Crippen LogP contribution < -0.4 is 5.32 Å². The van der Waals surface area contributed by atoms with Gasteiger partial charge in [-0.15, -0.1) is 0 Å². The Morgan fingerprint density at radius 1 is 1.38 bits per heavy atom. The minimum atomic E-state index is -1.01. The summed E-state index contributed by atoms with van der Waals surface area (Å²) >= 11 is 0. The maximum atomic E-state index is 12.3.